The van der Waals surface area contributed by atoms with Crippen LogP contribution in [0.5, 0.6) is 5.75 Å². The Morgan fingerprint density at radius 3 is 2.50 bits per heavy atom. The van der Waals surface area contributed by atoms with Crippen LogP contribution >= 0.6 is 22.9 Å². The zero-order valence-electron chi connectivity index (χ0n) is 23.7. The zero-order valence-corrected chi connectivity index (χ0v) is 25.3. The maximum Gasteiger partial charge on any atom is 0.234 e. The van der Waals surface area contributed by atoms with E-state index in [4.69, 9.17) is 11.6 Å². The maximum absolute atomic E-state index is 13.7. The number of aliphatic hydroxyl groups excluding tert-OH is 2. The number of hydrogen-bond acceptors (Lipinski definition) is 6. The number of carbonyl (C=O) groups is 2. The fraction of sp³-hybridized carbons (Fsp3) is 0.353. The monoisotopic (exact) mass is 605 g/mol. The first-order chi connectivity index (χ1) is 20.2. The molecule has 0 bridgehead atoms. The van der Waals surface area contributed by atoms with E-state index in [2.05, 4.69) is 0 Å². The number of aliphatic hydroxyl groups is 2. The van der Waals surface area contributed by atoms with Crippen molar-refractivity contribution in [3.8, 4) is 5.75 Å². The number of amides is 2. The largest absolute Gasteiger partial charge is 0.508 e. The molecule has 3 aromatic rings. The molecule has 0 radical (unpaired) electrons. The topological polar surface area (TPSA) is 98.1 Å². The number of thiophene rings is 1. The van der Waals surface area contributed by atoms with Crippen LogP contribution in [-0.4, -0.2) is 44.7 Å². The molecular formula is C34H36ClNO5S. The first-order valence-corrected chi connectivity index (χ1v) is 15.6. The highest BCUT2D eigenvalue weighted by Gasteiger charge is 2.55. The van der Waals surface area contributed by atoms with E-state index in [1.165, 1.54) is 22.3 Å². The summed E-state index contributed by atoms with van der Waals surface area (Å²) in [4.78, 5) is 29.4. The van der Waals surface area contributed by atoms with Gasteiger partial charge in [-0.05, 0) is 83.2 Å². The minimum Gasteiger partial charge on any atom is -0.508 e. The average molecular weight is 606 g/mol. The summed E-state index contributed by atoms with van der Waals surface area (Å²) in [6.07, 6.45) is 2.32. The predicted molar refractivity (Wildman–Crippen MR) is 167 cm³/mol. The quantitative estimate of drug-likeness (QED) is 0.138. The molecule has 42 heavy (non-hydrogen) atoms. The summed E-state index contributed by atoms with van der Waals surface area (Å²) in [7, 11) is 0. The van der Waals surface area contributed by atoms with Crippen molar-refractivity contribution in [2.24, 2.45) is 23.7 Å². The van der Waals surface area contributed by atoms with E-state index < -0.39 is 23.9 Å². The average Bonchev–Trinajstić information content (AvgIpc) is 3.58. The van der Waals surface area contributed by atoms with Crippen molar-refractivity contribution >= 4 is 46.4 Å². The fourth-order valence-electron chi connectivity index (χ4n) is 6.44. The van der Waals surface area contributed by atoms with E-state index in [1.54, 1.807) is 12.1 Å². The van der Waals surface area contributed by atoms with E-state index in [0.717, 1.165) is 27.2 Å². The zero-order chi connectivity index (χ0) is 30.0. The third-order valence-electron chi connectivity index (χ3n) is 8.50. The van der Waals surface area contributed by atoms with Gasteiger partial charge in [0.15, 0.2) is 0 Å². The lowest BCUT2D eigenvalue weighted by Gasteiger charge is -2.38. The van der Waals surface area contributed by atoms with Crippen molar-refractivity contribution in [2.75, 3.05) is 6.61 Å². The summed E-state index contributed by atoms with van der Waals surface area (Å²) < 4.78 is 0. The summed E-state index contributed by atoms with van der Waals surface area (Å²) in [6.45, 7) is 3.98. The Kier molecular flexibility index (Phi) is 9.33. The van der Waals surface area contributed by atoms with Crippen molar-refractivity contribution < 1.29 is 24.9 Å². The Balaban J connectivity index is 1.44. The number of nitrogens with zero attached hydrogens (tertiary/aromatic N) is 1. The van der Waals surface area contributed by atoms with Crippen LogP contribution in [0.1, 0.15) is 49.1 Å². The van der Waals surface area contributed by atoms with E-state index in [-0.39, 0.29) is 36.6 Å². The molecule has 2 heterocycles. The number of fused-ring (bicyclic) bond motifs is 1. The van der Waals surface area contributed by atoms with Crippen LogP contribution in [-0.2, 0) is 16.1 Å². The summed E-state index contributed by atoms with van der Waals surface area (Å²) >= 11 is 7.92. The normalized spacial score (nSPS) is 21.8. The van der Waals surface area contributed by atoms with Gasteiger partial charge in [0.25, 0.3) is 0 Å². The van der Waals surface area contributed by atoms with Gasteiger partial charge in [0.2, 0.25) is 11.8 Å². The number of benzene rings is 2. The Labute approximate surface area is 255 Å². The second-order valence-electron chi connectivity index (χ2n) is 11.4. The van der Waals surface area contributed by atoms with E-state index in [9.17, 15) is 24.9 Å². The molecule has 3 N–H and O–H groups in total. The van der Waals surface area contributed by atoms with Gasteiger partial charge < -0.3 is 15.3 Å². The number of rotatable bonds is 10. The van der Waals surface area contributed by atoms with Crippen LogP contribution in [0.2, 0.25) is 5.02 Å². The Hall–Kier alpha value is -3.23. The smallest absolute Gasteiger partial charge is 0.234 e. The number of carbonyl (C=O) groups excluding carboxylic acids is 2. The summed E-state index contributed by atoms with van der Waals surface area (Å²) in [5.41, 5.74) is 4.34. The number of likely N-dealkylation sites (tertiary alicyclic amines) is 1. The lowest BCUT2D eigenvalue weighted by Crippen LogP contribution is -2.39. The van der Waals surface area contributed by atoms with Gasteiger partial charge in [0.05, 0.1) is 36.1 Å². The molecule has 2 amide bonds. The highest BCUT2D eigenvalue weighted by molar-refractivity contribution is 7.09. The highest BCUT2D eigenvalue weighted by Crippen LogP contribution is 2.48. The minimum absolute atomic E-state index is 0.0406. The highest BCUT2D eigenvalue weighted by atomic mass is 35.5. The molecule has 0 saturated carbocycles. The Morgan fingerprint density at radius 2 is 1.86 bits per heavy atom. The van der Waals surface area contributed by atoms with E-state index >= 15 is 0 Å². The molecule has 5 rings (SSSR count). The van der Waals surface area contributed by atoms with Gasteiger partial charge in [-0.3, -0.25) is 14.5 Å². The molecule has 1 fully saturated rings. The molecular weight excluding hydrogens is 570 g/mol. The van der Waals surface area contributed by atoms with Crippen molar-refractivity contribution in [3.63, 3.8) is 0 Å². The molecule has 1 aliphatic heterocycles. The number of imide groups is 1. The maximum atomic E-state index is 13.7. The van der Waals surface area contributed by atoms with Crippen LogP contribution in [0, 0.1) is 23.7 Å². The number of allylic oxidation sites excluding steroid dienone is 2. The van der Waals surface area contributed by atoms with Gasteiger partial charge >= 0.3 is 0 Å². The number of halogens is 1. The third kappa shape index (κ3) is 6.11. The van der Waals surface area contributed by atoms with Crippen LogP contribution in [0.4, 0.5) is 0 Å². The molecule has 220 valence electrons. The number of aromatic hydroxyl groups is 1. The molecule has 4 atom stereocenters. The van der Waals surface area contributed by atoms with Gasteiger partial charge in [0, 0.05) is 10.8 Å². The van der Waals surface area contributed by atoms with Crippen molar-refractivity contribution in [2.45, 2.75) is 45.8 Å². The number of phenols is 1. The molecule has 0 spiro atoms. The van der Waals surface area contributed by atoms with Gasteiger partial charge in [0.1, 0.15) is 5.75 Å². The van der Waals surface area contributed by atoms with Gasteiger partial charge in [-0.2, -0.15) is 0 Å². The SMILES string of the molecule is CC(C)C1=C([C@H](O)CC/C(=C/c2ccc(O)cc2Cl)c2ccccc2)[C@H](CO)[C@@H]2C(=O)N(Cc3cccs3)C(=O)[C@@H]2C1. The fourth-order valence-corrected chi connectivity index (χ4v) is 7.37. The third-order valence-corrected chi connectivity index (χ3v) is 9.69. The number of phenolic OH excluding ortho intramolecular Hbond substituents is 1. The Morgan fingerprint density at radius 1 is 1.10 bits per heavy atom. The lowest BCUT2D eigenvalue weighted by atomic mass is 9.66. The first-order valence-electron chi connectivity index (χ1n) is 14.3. The standard InChI is InChI=1S/C34H36ClNO5S/c1-20(2)26-17-27-32(34(41)36(33(27)40)18-25-9-6-14-42-25)28(19-37)31(26)30(39)13-11-22(21-7-4-3-5-8-21)15-23-10-12-24(38)16-29(23)35/h3-10,12,14-16,20,27-28,30,32,37-39H,11,13,17-19H2,1-2H3/b22-15-/t27-,28+,30-,32-/m1/s1. The summed E-state index contributed by atoms with van der Waals surface area (Å²) in [5, 5.41) is 34.5. The Bertz CT molecular complexity index is 1500. The molecule has 2 aromatic carbocycles. The van der Waals surface area contributed by atoms with Crippen LogP contribution in [0.25, 0.3) is 11.6 Å². The summed E-state index contributed by atoms with van der Waals surface area (Å²) in [6, 6.07) is 18.5. The van der Waals surface area contributed by atoms with Crippen LogP contribution < -0.4 is 0 Å². The molecule has 6 nitrogen and oxygen atoms in total. The molecule has 8 heteroatoms. The van der Waals surface area contributed by atoms with Crippen molar-refractivity contribution in [1.82, 2.24) is 4.90 Å². The van der Waals surface area contributed by atoms with Crippen molar-refractivity contribution in [1.29, 1.82) is 0 Å². The van der Waals surface area contributed by atoms with Gasteiger partial charge in [-0.15, -0.1) is 11.3 Å². The van der Waals surface area contributed by atoms with E-state index in [1.807, 2.05) is 67.8 Å². The van der Waals surface area contributed by atoms with Gasteiger partial charge in [-0.25, -0.2) is 0 Å². The van der Waals surface area contributed by atoms with Crippen LogP contribution in [0.15, 0.2) is 77.2 Å². The molecule has 1 saturated heterocycles. The second kappa shape index (κ2) is 13.0. The predicted octanol–water partition coefficient (Wildman–Crippen LogP) is 6.56. The van der Waals surface area contributed by atoms with Gasteiger partial charge in [-0.1, -0.05) is 67.4 Å². The molecule has 0 unspecified atom stereocenters. The lowest BCUT2D eigenvalue weighted by molar-refractivity contribution is -0.140. The number of hydrogen-bond donors (Lipinski definition) is 3. The molecule has 2 aliphatic rings. The minimum atomic E-state index is -0.905. The second-order valence-corrected chi connectivity index (χ2v) is 12.8. The first kappa shape index (κ1) is 30.2. The van der Waals surface area contributed by atoms with Crippen LogP contribution in [0.3, 0.4) is 0 Å². The summed E-state index contributed by atoms with van der Waals surface area (Å²) in [5.74, 6) is -2.17. The van der Waals surface area contributed by atoms with E-state index in [0.29, 0.717) is 29.9 Å². The molecule has 1 aliphatic carbocycles. The molecule has 1 aromatic heterocycles. The van der Waals surface area contributed by atoms with Crippen molar-refractivity contribution in [3.05, 3.63) is 98.2 Å².